The molecule has 0 unspecified atom stereocenters. The summed E-state index contributed by atoms with van der Waals surface area (Å²) in [6, 6.07) is 4.87. The molecule has 112 valence electrons. The normalized spacial score (nSPS) is 11.3. The Morgan fingerprint density at radius 3 is 2.43 bits per heavy atom. The Hall–Kier alpha value is -1.48. The molecule has 0 saturated heterocycles. The molecule has 21 heavy (non-hydrogen) atoms. The van der Waals surface area contributed by atoms with Gasteiger partial charge in [-0.15, -0.1) is 11.3 Å². The van der Waals surface area contributed by atoms with Gasteiger partial charge < -0.3 is 10.8 Å². The van der Waals surface area contributed by atoms with Crippen LogP contribution in [0.3, 0.4) is 0 Å². The van der Waals surface area contributed by atoms with Gasteiger partial charge in [0.15, 0.2) is 0 Å². The zero-order valence-electron chi connectivity index (χ0n) is 10.1. The van der Waals surface area contributed by atoms with Crippen molar-refractivity contribution in [3.63, 3.8) is 0 Å². The van der Waals surface area contributed by atoms with Gasteiger partial charge in [0, 0.05) is 0 Å². The summed E-state index contributed by atoms with van der Waals surface area (Å²) in [7, 11) is -3.96. The second-order valence-corrected chi connectivity index (χ2v) is 7.84. The molecular formula is C11H8Cl2N2O4S2. The number of sulfonamides is 1. The molecule has 0 bridgehead atoms. The Kier molecular flexibility index (Phi) is 4.33. The molecule has 10 heteroatoms. The van der Waals surface area contributed by atoms with Crippen molar-refractivity contribution in [1.29, 1.82) is 0 Å². The van der Waals surface area contributed by atoms with Gasteiger partial charge in [0.25, 0.3) is 10.0 Å². The lowest BCUT2D eigenvalue weighted by Gasteiger charge is -2.10. The summed E-state index contributed by atoms with van der Waals surface area (Å²) in [5, 5.41) is 8.82. The van der Waals surface area contributed by atoms with Gasteiger partial charge in [0.2, 0.25) is 0 Å². The second-order valence-electron chi connectivity index (χ2n) is 3.90. The quantitative estimate of drug-likeness (QED) is 0.720. The molecule has 1 heterocycles. The Balaban J connectivity index is 2.37. The summed E-state index contributed by atoms with van der Waals surface area (Å²) in [5.74, 6) is -1.16. The number of benzene rings is 1. The number of anilines is 2. The first-order chi connectivity index (χ1) is 9.70. The zero-order chi connectivity index (χ0) is 15.8. The van der Waals surface area contributed by atoms with Crippen LogP contribution in [0.1, 0.15) is 10.4 Å². The first-order valence-corrected chi connectivity index (χ1v) is 8.37. The Labute approximate surface area is 134 Å². The van der Waals surface area contributed by atoms with E-state index in [1.165, 1.54) is 18.2 Å². The van der Waals surface area contributed by atoms with Crippen LogP contribution in [-0.4, -0.2) is 19.5 Å². The summed E-state index contributed by atoms with van der Waals surface area (Å²) in [4.78, 5) is 10.6. The van der Waals surface area contributed by atoms with Crippen LogP contribution in [0.5, 0.6) is 0 Å². The van der Waals surface area contributed by atoms with Crippen molar-refractivity contribution >= 4 is 61.9 Å². The van der Waals surface area contributed by atoms with Crippen LogP contribution in [0.2, 0.25) is 8.67 Å². The Bertz CT molecular complexity index is 818. The van der Waals surface area contributed by atoms with Gasteiger partial charge in [-0.1, -0.05) is 23.2 Å². The Morgan fingerprint density at radius 1 is 1.29 bits per heavy atom. The lowest BCUT2D eigenvalue weighted by Crippen LogP contribution is -2.14. The highest BCUT2D eigenvalue weighted by Gasteiger charge is 2.22. The number of nitrogens with one attached hydrogen (secondary N) is 1. The third-order valence-corrected chi connectivity index (χ3v) is 5.58. The standard InChI is InChI=1S/C11H8Cl2N2O4S2/c12-9-4-8(10(13)20-9)21(18,19)15-7-2-1-5(11(16)17)3-6(7)14/h1-4,15H,14H2,(H,16,17). The molecule has 0 aliphatic carbocycles. The largest absolute Gasteiger partial charge is 0.478 e. The molecular weight excluding hydrogens is 359 g/mol. The number of aromatic carboxylic acids is 1. The second kappa shape index (κ2) is 5.72. The molecule has 1 aromatic heterocycles. The molecule has 0 fully saturated rings. The summed E-state index contributed by atoms with van der Waals surface area (Å²) in [6.45, 7) is 0. The maximum atomic E-state index is 12.2. The molecule has 0 atom stereocenters. The molecule has 0 aliphatic rings. The summed E-state index contributed by atoms with van der Waals surface area (Å²) >= 11 is 12.4. The highest BCUT2D eigenvalue weighted by Crippen LogP contribution is 2.35. The van der Waals surface area contributed by atoms with Crippen molar-refractivity contribution in [3.05, 3.63) is 38.5 Å². The molecule has 0 aliphatic heterocycles. The number of carbonyl (C=O) groups is 1. The van der Waals surface area contributed by atoms with Crippen molar-refractivity contribution in [2.75, 3.05) is 10.5 Å². The number of thiophene rings is 1. The smallest absolute Gasteiger partial charge is 0.335 e. The van der Waals surface area contributed by atoms with E-state index in [0.29, 0.717) is 0 Å². The van der Waals surface area contributed by atoms with Gasteiger partial charge >= 0.3 is 5.97 Å². The predicted molar refractivity (Wildman–Crippen MR) is 83.0 cm³/mol. The van der Waals surface area contributed by atoms with Crippen LogP contribution in [0.25, 0.3) is 0 Å². The number of carboxylic acid groups (broad SMARTS) is 1. The van der Waals surface area contributed by atoms with Gasteiger partial charge in [-0.2, -0.15) is 0 Å². The molecule has 0 amide bonds. The van der Waals surface area contributed by atoms with Crippen molar-refractivity contribution in [2.24, 2.45) is 0 Å². The van der Waals surface area contributed by atoms with Crippen LogP contribution in [-0.2, 0) is 10.0 Å². The Morgan fingerprint density at radius 2 is 1.95 bits per heavy atom. The molecule has 2 aromatic rings. The molecule has 6 nitrogen and oxygen atoms in total. The molecule has 2 rings (SSSR count). The van der Waals surface area contributed by atoms with E-state index in [9.17, 15) is 13.2 Å². The van der Waals surface area contributed by atoms with E-state index in [2.05, 4.69) is 4.72 Å². The maximum Gasteiger partial charge on any atom is 0.335 e. The fraction of sp³-hybridized carbons (Fsp3) is 0. The van der Waals surface area contributed by atoms with Crippen LogP contribution in [0.15, 0.2) is 29.2 Å². The van der Waals surface area contributed by atoms with Crippen molar-refractivity contribution < 1.29 is 18.3 Å². The van der Waals surface area contributed by atoms with E-state index in [1.807, 2.05) is 0 Å². The van der Waals surface area contributed by atoms with Crippen LogP contribution >= 0.6 is 34.5 Å². The van der Waals surface area contributed by atoms with Crippen LogP contribution < -0.4 is 10.5 Å². The van der Waals surface area contributed by atoms with E-state index in [1.54, 1.807) is 0 Å². The lowest BCUT2D eigenvalue weighted by atomic mass is 10.2. The van der Waals surface area contributed by atoms with Crippen molar-refractivity contribution in [2.45, 2.75) is 4.90 Å². The number of nitrogens with two attached hydrogens (primary N) is 1. The SMILES string of the molecule is Nc1cc(C(=O)O)ccc1NS(=O)(=O)c1cc(Cl)sc1Cl. The monoisotopic (exact) mass is 366 g/mol. The molecule has 0 radical (unpaired) electrons. The molecule has 1 aromatic carbocycles. The van der Waals surface area contributed by atoms with Gasteiger partial charge in [-0.25, -0.2) is 13.2 Å². The van der Waals surface area contributed by atoms with Crippen molar-refractivity contribution in [1.82, 2.24) is 0 Å². The molecule has 4 N–H and O–H groups in total. The predicted octanol–water partition coefficient (Wildman–Crippen LogP) is 3.14. The minimum Gasteiger partial charge on any atom is -0.478 e. The van der Waals surface area contributed by atoms with Gasteiger partial charge in [0.05, 0.1) is 21.3 Å². The van der Waals surface area contributed by atoms with E-state index >= 15 is 0 Å². The van der Waals surface area contributed by atoms with Crippen molar-refractivity contribution in [3.8, 4) is 0 Å². The third-order valence-electron chi connectivity index (χ3n) is 2.46. The number of halogens is 2. The minimum atomic E-state index is -3.96. The lowest BCUT2D eigenvalue weighted by molar-refractivity contribution is 0.0697. The molecule has 0 saturated carbocycles. The van der Waals surface area contributed by atoms with E-state index in [0.717, 1.165) is 17.4 Å². The summed E-state index contributed by atoms with van der Waals surface area (Å²) in [6.07, 6.45) is 0. The third kappa shape index (κ3) is 3.41. The van der Waals surface area contributed by atoms with E-state index < -0.39 is 16.0 Å². The zero-order valence-corrected chi connectivity index (χ0v) is 13.3. The number of rotatable bonds is 4. The average Bonchev–Trinajstić information content (AvgIpc) is 2.71. The first-order valence-electron chi connectivity index (χ1n) is 5.31. The maximum absolute atomic E-state index is 12.2. The van der Waals surface area contributed by atoms with Gasteiger partial charge in [-0.3, -0.25) is 4.72 Å². The van der Waals surface area contributed by atoms with E-state index in [4.69, 9.17) is 34.0 Å². The van der Waals surface area contributed by atoms with Crippen LogP contribution in [0.4, 0.5) is 11.4 Å². The topological polar surface area (TPSA) is 109 Å². The fourth-order valence-electron chi connectivity index (χ4n) is 1.50. The summed E-state index contributed by atoms with van der Waals surface area (Å²) in [5.41, 5.74) is 5.63. The minimum absolute atomic E-state index is 0.0177. The van der Waals surface area contributed by atoms with Gasteiger partial charge in [-0.05, 0) is 24.3 Å². The number of carboxylic acids is 1. The number of hydrogen-bond acceptors (Lipinski definition) is 5. The molecule has 0 spiro atoms. The van der Waals surface area contributed by atoms with Crippen LogP contribution in [0, 0.1) is 0 Å². The number of nitrogen functional groups attached to an aromatic ring is 1. The van der Waals surface area contributed by atoms with Gasteiger partial charge in [0.1, 0.15) is 9.23 Å². The fourth-order valence-corrected chi connectivity index (χ4v) is 4.74. The first kappa shape index (κ1) is 15.9. The summed E-state index contributed by atoms with van der Waals surface area (Å²) < 4.78 is 26.9. The highest BCUT2D eigenvalue weighted by molar-refractivity contribution is 7.93. The number of hydrogen-bond donors (Lipinski definition) is 3. The van der Waals surface area contributed by atoms with E-state index in [-0.39, 0.29) is 30.5 Å². The average molecular weight is 367 g/mol. The highest BCUT2D eigenvalue weighted by atomic mass is 35.5.